The Hall–Kier alpha value is -0.440. The van der Waals surface area contributed by atoms with Crippen LogP contribution in [0.3, 0.4) is 0 Å². The molecule has 20 heavy (non-hydrogen) atoms. The number of aliphatic hydroxyl groups excluding tert-OH is 1. The van der Waals surface area contributed by atoms with Crippen LogP contribution in [-0.2, 0) is 0 Å². The summed E-state index contributed by atoms with van der Waals surface area (Å²) in [5, 5.41) is 19.6. The molecule has 3 rings (SSSR count). The fraction of sp³-hybridized carbons (Fsp3) is 1.00. The summed E-state index contributed by atoms with van der Waals surface area (Å²) in [4.78, 5) is 0. The Morgan fingerprint density at radius 3 is 2.35 bits per heavy atom. The van der Waals surface area contributed by atoms with E-state index >= 15 is 0 Å². The van der Waals surface area contributed by atoms with Gasteiger partial charge >= 0.3 is 0 Å². The second kappa shape index (κ2) is 6.55. The van der Waals surface area contributed by atoms with Crippen LogP contribution in [0.2, 0.25) is 0 Å². The van der Waals surface area contributed by atoms with Gasteiger partial charge in [0.1, 0.15) is 0 Å². The second-order valence-corrected chi connectivity index (χ2v) is 7.49. The lowest BCUT2D eigenvalue weighted by Gasteiger charge is -2.41. The van der Waals surface area contributed by atoms with Gasteiger partial charge in [-0.2, -0.15) is 10.2 Å². The first kappa shape index (κ1) is 14.5. The molecular weight excluding hydrogens is 248 g/mol. The molecule has 3 nitrogen and oxygen atoms in total. The van der Waals surface area contributed by atoms with Crippen LogP contribution in [0.4, 0.5) is 0 Å². The van der Waals surface area contributed by atoms with Gasteiger partial charge in [-0.05, 0) is 62.7 Å². The smallest absolute Gasteiger partial charge is 0.0997 e. The molecule has 3 saturated carbocycles. The Labute approximate surface area is 123 Å². The van der Waals surface area contributed by atoms with Gasteiger partial charge in [0.15, 0.2) is 0 Å². The number of hydrogen-bond donors (Lipinski definition) is 1. The Morgan fingerprint density at radius 1 is 0.800 bits per heavy atom. The predicted molar refractivity (Wildman–Crippen MR) is 80.8 cm³/mol. The molecule has 0 aromatic rings. The molecule has 3 heteroatoms. The molecule has 0 aromatic heterocycles. The zero-order valence-electron chi connectivity index (χ0n) is 12.9. The van der Waals surface area contributed by atoms with Gasteiger partial charge in [0.2, 0.25) is 0 Å². The van der Waals surface area contributed by atoms with Crippen LogP contribution in [0.15, 0.2) is 10.2 Å². The normalized spacial score (nSPS) is 46.3. The van der Waals surface area contributed by atoms with Crippen LogP contribution in [0.1, 0.15) is 71.1 Å². The Morgan fingerprint density at radius 2 is 1.55 bits per heavy atom. The lowest BCUT2D eigenvalue weighted by Crippen LogP contribution is -2.42. The van der Waals surface area contributed by atoms with Gasteiger partial charge in [-0.1, -0.05) is 26.2 Å². The van der Waals surface area contributed by atoms with E-state index in [2.05, 4.69) is 17.2 Å². The van der Waals surface area contributed by atoms with Crippen LogP contribution >= 0.6 is 0 Å². The third-order valence-electron chi connectivity index (χ3n) is 5.98. The molecule has 0 bridgehead atoms. The van der Waals surface area contributed by atoms with Gasteiger partial charge in [0.05, 0.1) is 18.2 Å². The van der Waals surface area contributed by atoms with Crippen molar-refractivity contribution in [1.82, 2.24) is 0 Å². The fourth-order valence-corrected chi connectivity index (χ4v) is 4.58. The maximum Gasteiger partial charge on any atom is 0.0997 e. The second-order valence-electron chi connectivity index (χ2n) is 7.49. The summed E-state index contributed by atoms with van der Waals surface area (Å²) in [7, 11) is 0. The minimum Gasteiger partial charge on any atom is -0.391 e. The number of azo groups is 1. The molecule has 4 unspecified atom stereocenters. The zero-order valence-corrected chi connectivity index (χ0v) is 12.9. The molecule has 0 radical (unpaired) electrons. The average molecular weight is 278 g/mol. The molecule has 0 spiro atoms. The molecule has 3 aliphatic rings. The number of fused-ring (bicyclic) bond motifs is 1. The third-order valence-corrected chi connectivity index (χ3v) is 5.98. The SMILES string of the molecule is CC1CCC(N=NC2C(O)CCC3CCCCC32)CC1. The lowest BCUT2D eigenvalue weighted by molar-refractivity contribution is 0.0235. The average Bonchev–Trinajstić information content (AvgIpc) is 2.48. The van der Waals surface area contributed by atoms with Crippen molar-refractivity contribution in [2.45, 2.75) is 89.3 Å². The molecule has 3 fully saturated rings. The highest BCUT2D eigenvalue weighted by molar-refractivity contribution is 4.93. The number of hydrogen-bond acceptors (Lipinski definition) is 3. The Kier molecular flexibility index (Phi) is 4.75. The minimum atomic E-state index is -0.236. The lowest BCUT2D eigenvalue weighted by atomic mass is 9.67. The van der Waals surface area contributed by atoms with E-state index in [1.54, 1.807) is 0 Å². The molecule has 0 amide bonds. The van der Waals surface area contributed by atoms with Gasteiger partial charge in [-0.25, -0.2) is 0 Å². The van der Waals surface area contributed by atoms with Crippen molar-refractivity contribution in [1.29, 1.82) is 0 Å². The zero-order chi connectivity index (χ0) is 13.9. The molecule has 3 aliphatic carbocycles. The molecule has 0 heterocycles. The van der Waals surface area contributed by atoms with Crippen LogP contribution in [0.25, 0.3) is 0 Å². The van der Waals surface area contributed by atoms with Gasteiger partial charge < -0.3 is 5.11 Å². The topological polar surface area (TPSA) is 45.0 Å². The van der Waals surface area contributed by atoms with Gasteiger partial charge in [-0.15, -0.1) is 0 Å². The van der Waals surface area contributed by atoms with E-state index in [4.69, 9.17) is 0 Å². The highest BCUT2D eigenvalue weighted by Gasteiger charge is 2.40. The summed E-state index contributed by atoms with van der Waals surface area (Å²) >= 11 is 0. The first-order chi connectivity index (χ1) is 9.74. The minimum absolute atomic E-state index is 0.105. The van der Waals surface area contributed by atoms with Crippen LogP contribution in [-0.4, -0.2) is 23.3 Å². The van der Waals surface area contributed by atoms with Crippen molar-refractivity contribution in [3.63, 3.8) is 0 Å². The van der Waals surface area contributed by atoms with E-state index in [1.165, 1.54) is 57.8 Å². The van der Waals surface area contributed by atoms with Crippen LogP contribution in [0.5, 0.6) is 0 Å². The largest absolute Gasteiger partial charge is 0.391 e. The van der Waals surface area contributed by atoms with Crippen LogP contribution in [0, 0.1) is 17.8 Å². The summed E-state index contributed by atoms with van der Waals surface area (Å²) < 4.78 is 0. The molecule has 4 atom stereocenters. The maximum absolute atomic E-state index is 10.3. The van der Waals surface area contributed by atoms with E-state index in [0.717, 1.165) is 18.3 Å². The van der Waals surface area contributed by atoms with Crippen molar-refractivity contribution in [2.75, 3.05) is 0 Å². The summed E-state index contributed by atoms with van der Waals surface area (Å²) in [6.07, 6.45) is 12.2. The molecule has 0 aromatic carbocycles. The predicted octanol–water partition coefficient (Wildman–Crippen LogP) is 4.35. The quantitative estimate of drug-likeness (QED) is 0.750. The van der Waals surface area contributed by atoms with Crippen molar-refractivity contribution in [3.8, 4) is 0 Å². The number of nitrogens with zero attached hydrogens (tertiary/aromatic N) is 2. The molecule has 1 N–H and O–H groups in total. The summed E-state index contributed by atoms with van der Waals surface area (Å²) in [6.45, 7) is 2.34. The van der Waals surface area contributed by atoms with Crippen molar-refractivity contribution in [2.24, 2.45) is 28.0 Å². The number of rotatable bonds is 2. The molecule has 0 saturated heterocycles. The van der Waals surface area contributed by atoms with E-state index in [0.29, 0.717) is 12.0 Å². The van der Waals surface area contributed by atoms with Crippen molar-refractivity contribution < 1.29 is 5.11 Å². The number of aliphatic hydroxyl groups is 1. The van der Waals surface area contributed by atoms with Gasteiger partial charge in [0, 0.05) is 0 Å². The maximum atomic E-state index is 10.3. The Balaban J connectivity index is 1.61. The van der Waals surface area contributed by atoms with Gasteiger partial charge in [0.25, 0.3) is 0 Å². The van der Waals surface area contributed by atoms with Crippen molar-refractivity contribution in [3.05, 3.63) is 0 Å². The summed E-state index contributed by atoms with van der Waals surface area (Å²) in [5.74, 6) is 2.28. The van der Waals surface area contributed by atoms with E-state index in [1.807, 2.05) is 0 Å². The summed E-state index contributed by atoms with van der Waals surface area (Å²) in [6, 6.07) is 0.538. The van der Waals surface area contributed by atoms with Crippen molar-refractivity contribution >= 4 is 0 Å². The van der Waals surface area contributed by atoms with E-state index < -0.39 is 0 Å². The van der Waals surface area contributed by atoms with E-state index in [9.17, 15) is 5.11 Å². The first-order valence-corrected chi connectivity index (χ1v) is 8.82. The first-order valence-electron chi connectivity index (χ1n) is 8.82. The third kappa shape index (κ3) is 3.24. The Bertz CT molecular complexity index is 336. The molecule has 114 valence electrons. The molecular formula is C17H30N2O. The standard InChI is InChI=1S/C17H30N2O/c1-12-6-9-14(10-7-12)18-19-17-15-5-3-2-4-13(15)8-11-16(17)20/h12-17,20H,2-11H2,1H3. The monoisotopic (exact) mass is 278 g/mol. The summed E-state index contributed by atoms with van der Waals surface area (Å²) in [5.41, 5.74) is 0. The highest BCUT2D eigenvalue weighted by atomic mass is 16.3. The molecule has 0 aliphatic heterocycles. The highest BCUT2D eigenvalue weighted by Crippen LogP contribution is 2.42. The van der Waals surface area contributed by atoms with E-state index in [-0.39, 0.29) is 12.1 Å². The fourth-order valence-electron chi connectivity index (χ4n) is 4.58. The van der Waals surface area contributed by atoms with Crippen LogP contribution < -0.4 is 0 Å². The van der Waals surface area contributed by atoms with Gasteiger partial charge in [-0.3, -0.25) is 0 Å².